The topological polar surface area (TPSA) is 87.0 Å². The van der Waals surface area contributed by atoms with Crippen LogP contribution >= 0.6 is 0 Å². The third kappa shape index (κ3) is 4.20. The Morgan fingerprint density at radius 3 is 2.65 bits per heavy atom. The number of rotatable bonds is 7. The van der Waals surface area contributed by atoms with E-state index in [1.165, 1.54) is 0 Å². The first-order chi connectivity index (χ1) is 16.6. The molecule has 0 radical (unpaired) electrons. The van der Waals surface area contributed by atoms with Gasteiger partial charge in [-0.3, -0.25) is 19.4 Å². The number of amides is 1. The van der Waals surface area contributed by atoms with Crippen molar-refractivity contribution in [3.05, 3.63) is 58.5 Å². The van der Waals surface area contributed by atoms with Gasteiger partial charge in [-0.1, -0.05) is 30.3 Å². The van der Waals surface area contributed by atoms with Crippen LogP contribution in [0.15, 0.2) is 47.3 Å². The number of hydrogen-bond donors (Lipinski definition) is 2. The van der Waals surface area contributed by atoms with E-state index in [1.54, 1.807) is 0 Å². The molecule has 4 atom stereocenters. The molecule has 8 nitrogen and oxygen atoms in total. The fraction of sp³-hybridized carbons (Fsp3) is 0.538. The summed E-state index contributed by atoms with van der Waals surface area (Å²) in [5.74, 6) is -0.638. The third-order valence-corrected chi connectivity index (χ3v) is 7.79. The number of likely N-dealkylation sites (N-methyl/N-ethyl adjacent to an activating group) is 1. The van der Waals surface area contributed by atoms with Crippen molar-refractivity contribution in [1.82, 2.24) is 19.7 Å². The summed E-state index contributed by atoms with van der Waals surface area (Å²) in [5, 5.41) is 13.4. The van der Waals surface area contributed by atoms with Crippen molar-refractivity contribution in [3.8, 4) is 11.1 Å². The van der Waals surface area contributed by atoms with Gasteiger partial charge in [-0.15, -0.1) is 0 Å². The number of ether oxygens (including phenoxy) is 1. The normalized spacial score (nSPS) is 26.9. The van der Waals surface area contributed by atoms with E-state index >= 15 is 0 Å². The van der Waals surface area contributed by atoms with Crippen LogP contribution in [-0.2, 0) is 16.1 Å². The summed E-state index contributed by atoms with van der Waals surface area (Å²) >= 11 is 0. The van der Waals surface area contributed by atoms with Crippen LogP contribution in [-0.4, -0.2) is 84.5 Å². The number of carbonyl (C=O) groups is 1. The molecule has 0 spiro atoms. The quantitative estimate of drug-likeness (QED) is 0.591. The zero-order valence-corrected chi connectivity index (χ0v) is 19.7. The molecule has 0 unspecified atom stereocenters. The second-order valence-corrected chi connectivity index (χ2v) is 9.60. The molecule has 5 rings (SSSR count). The standard InChI is InChI=1S/C26H34N4O4/c1-28-22-16-30-21(9-8-19(26(30)33)18-6-3-2-4-7-18)24(28)23(20(22)17-31)25(32)27-10-5-11-29-12-14-34-15-13-29/h2-4,6-9,20,22-24,31H,5,10-17H2,1H3,(H,27,32)/t20-,22-,23+,24+/m1/s1. The van der Waals surface area contributed by atoms with Crippen molar-refractivity contribution >= 4 is 5.91 Å². The van der Waals surface area contributed by atoms with Gasteiger partial charge in [0, 0.05) is 56.0 Å². The van der Waals surface area contributed by atoms with E-state index in [2.05, 4.69) is 15.1 Å². The maximum atomic E-state index is 13.4. The van der Waals surface area contributed by atoms with E-state index in [-0.39, 0.29) is 42.0 Å². The summed E-state index contributed by atoms with van der Waals surface area (Å²) in [6.45, 7) is 5.36. The molecule has 1 aromatic carbocycles. The molecule has 4 heterocycles. The SMILES string of the molecule is CN1[C@@H]2Cn3c(ccc(-c4ccccc4)c3=O)[C@H]1[C@@H](C(=O)NCCCN1CCOCC1)[C@@H]2CO. The molecule has 1 amide bonds. The van der Waals surface area contributed by atoms with Gasteiger partial charge in [0.1, 0.15) is 0 Å². The van der Waals surface area contributed by atoms with Gasteiger partial charge in [0.25, 0.3) is 5.56 Å². The van der Waals surface area contributed by atoms with E-state index in [0.717, 1.165) is 50.5 Å². The smallest absolute Gasteiger partial charge is 0.258 e. The van der Waals surface area contributed by atoms with Crippen LogP contribution in [0.5, 0.6) is 0 Å². The first-order valence-corrected chi connectivity index (χ1v) is 12.3. The highest BCUT2D eigenvalue weighted by Crippen LogP contribution is 2.47. The lowest BCUT2D eigenvalue weighted by atomic mass is 9.86. The molecule has 0 aliphatic carbocycles. The lowest BCUT2D eigenvalue weighted by molar-refractivity contribution is -0.127. The molecule has 2 aromatic rings. The first kappa shape index (κ1) is 23.2. The van der Waals surface area contributed by atoms with Crippen molar-refractivity contribution < 1.29 is 14.6 Å². The van der Waals surface area contributed by atoms with Gasteiger partial charge in [-0.05, 0) is 37.7 Å². The largest absolute Gasteiger partial charge is 0.396 e. The minimum absolute atomic E-state index is 0.0324. The van der Waals surface area contributed by atoms with Gasteiger partial charge in [0.05, 0.1) is 25.2 Å². The fourth-order valence-electron chi connectivity index (χ4n) is 5.99. The summed E-state index contributed by atoms with van der Waals surface area (Å²) in [5.41, 5.74) is 2.38. The minimum Gasteiger partial charge on any atom is -0.396 e. The van der Waals surface area contributed by atoms with Crippen LogP contribution in [0.4, 0.5) is 0 Å². The maximum absolute atomic E-state index is 13.4. The molecule has 0 saturated carbocycles. The number of pyridine rings is 1. The molecule has 2 bridgehead atoms. The molecule has 2 fully saturated rings. The molecule has 3 aliphatic heterocycles. The highest BCUT2D eigenvalue weighted by molar-refractivity contribution is 5.80. The molecular formula is C26H34N4O4. The summed E-state index contributed by atoms with van der Waals surface area (Å²) in [6, 6.07) is 13.2. The Morgan fingerprint density at radius 1 is 1.15 bits per heavy atom. The summed E-state index contributed by atoms with van der Waals surface area (Å²) in [4.78, 5) is 31.3. The van der Waals surface area contributed by atoms with Crippen LogP contribution in [0.1, 0.15) is 18.2 Å². The number of nitrogens with one attached hydrogen (secondary N) is 1. The molecule has 8 heteroatoms. The molecule has 2 saturated heterocycles. The Bertz CT molecular complexity index is 1070. The number of morpholine rings is 1. The van der Waals surface area contributed by atoms with Crippen LogP contribution < -0.4 is 10.9 Å². The van der Waals surface area contributed by atoms with Gasteiger partial charge >= 0.3 is 0 Å². The third-order valence-electron chi connectivity index (χ3n) is 7.79. The average Bonchev–Trinajstić information content (AvgIpc) is 3.04. The lowest BCUT2D eigenvalue weighted by Crippen LogP contribution is -2.44. The van der Waals surface area contributed by atoms with Gasteiger partial charge in [-0.25, -0.2) is 0 Å². The Morgan fingerprint density at radius 2 is 1.91 bits per heavy atom. The van der Waals surface area contributed by atoms with Gasteiger partial charge in [-0.2, -0.15) is 0 Å². The van der Waals surface area contributed by atoms with Crippen LogP contribution in [0.25, 0.3) is 11.1 Å². The van der Waals surface area contributed by atoms with E-state index in [1.807, 2.05) is 54.1 Å². The predicted molar refractivity (Wildman–Crippen MR) is 129 cm³/mol. The average molecular weight is 467 g/mol. The van der Waals surface area contributed by atoms with Crippen molar-refractivity contribution in [2.45, 2.75) is 25.0 Å². The second kappa shape index (κ2) is 10.00. The van der Waals surface area contributed by atoms with Gasteiger partial charge < -0.3 is 19.7 Å². The fourth-order valence-corrected chi connectivity index (χ4v) is 5.99. The number of hydrogen-bond acceptors (Lipinski definition) is 6. The monoisotopic (exact) mass is 466 g/mol. The summed E-state index contributed by atoms with van der Waals surface area (Å²) in [7, 11) is 2.00. The van der Waals surface area contributed by atoms with Crippen molar-refractivity contribution in [3.63, 3.8) is 0 Å². The number of benzene rings is 1. The van der Waals surface area contributed by atoms with Crippen molar-refractivity contribution in [2.75, 3.05) is 53.0 Å². The van der Waals surface area contributed by atoms with Crippen LogP contribution in [0.2, 0.25) is 0 Å². The van der Waals surface area contributed by atoms with E-state index in [4.69, 9.17) is 4.74 Å². The highest BCUT2D eigenvalue weighted by atomic mass is 16.5. The number of nitrogens with zero attached hydrogens (tertiary/aromatic N) is 3. The van der Waals surface area contributed by atoms with Crippen LogP contribution in [0.3, 0.4) is 0 Å². The number of aromatic nitrogens is 1. The summed E-state index contributed by atoms with van der Waals surface area (Å²) < 4.78 is 7.22. The van der Waals surface area contributed by atoms with Crippen LogP contribution in [0, 0.1) is 11.8 Å². The second-order valence-electron chi connectivity index (χ2n) is 9.60. The number of carbonyl (C=O) groups excluding carboxylic acids is 1. The van der Waals surface area contributed by atoms with E-state index < -0.39 is 0 Å². The van der Waals surface area contributed by atoms with Gasteiger partial charge in [0.15, 0.2) is 0 Å². The number of aliphatic hydroxyl groups excluding tert-OH is 1. The van der Waals surface area contributed by atoms with Crippen molar-refractivity contribution in [1.29, 1.82) is 0 Å². The zero-order chi connectivity index (χ0) is 23.7. The van der Waals surface area contributed by atoms with E-state index in [0.29, 0.717) is 18.7 Å². The Kier molecular flexibility index (Phi) is 6.83. The predicted octanol–water partition coefficient (Wildman–Crippen LogP) is 0.947. The van der Waals surface area contributed by atoms with E-state index in [9.17, 15) is 14.7 Å². The highest BCUT2D eigenvalue weighted by Gasteiger charge is 2.54. The van der Waals surface area contributed by atoms with Crippen molar-refractivity contribution in [2.24, 2.45) is 11.8 Å². The minimum atomic E-state index is -0.390. The molecule has 2 N–H and O–H groups in total. The Labute approximate surface area is 200 Å². The molecule has 34 heavy (non-hydrogen) atoms. The van der Waals surface area contributed by atoms with Gasteiger partial charge in [0.2, 0.25) is 5.91 Å². The maximum Gasteiger partial charge on any atom is 0.258 e. The first-order valence-electron chi connectivity index (χ1n) is 12.3. The molecule has 1 aromatic heterocycles. The zero-order valence-electron chi connectivity index (χ0n) is 19.7. The molecule has 3 aliphatic rings. The lowest BCUT2D eigenvalue weighted by Gasteiger charge is -2.35. The Hall–Kier alpha value is -2.52. The number of aliphatic hydroxyl groups is 1. The summed E-state index contributed by atoms with van der Waals surface area (Å²) in [6.07, 6.45) is 0.878. The molecule has 182 valence electrons. The Balaban J connectivity index is 1.34. The number of fused-ring (bicyclic) bond motifs is 4. The molecular weight excluding hydrogens is 432 g/mol.